The van der Waals surface area contributed by atoms with E-state index < -0.39 is 59.1 Å². The van der Waals surface area contributed by atoms with Crippen LogP contribution < -0.4 is 10.6 Å². The van der Waals surface area contributed by atoms with Crippen LogP contribution in [0.5, 0.6) is 0 Å². The van der Waals surface area contributed by atoms with Gasteiger partial charge in [-0.1, -0.05) is 37.1 Å². The second-order valence-electron chi connectivity index (χ2n) is 14.2. The number of likely N-dealkylation sites (N-methyl/N-ethyl adjacent to an activating group) is 1. The highest BCUT2D eigenvalue weighted by molar-refractivity contribution is 5.98. The molecule has 2 fully saturated rings. The Hall–Kier alpha value is -4.16. The molecule has 4 aliphatic rings. The van der Waals surface area contributed by atoms with E-state index in [2.05, 4.69) is 10.6 Å². The lowest BCUT2D eigenvalue weighted by atomic mass is 10.0. The molecule has 0 unspecified atom stereocenters. The average Bonchev–Trinajstić information content (AvgIpc) is 3.29. The zero-order valence-corrected chi connectivity index (χ0v) is 27.8. The van der Waals surface area contributed by atoms with Crippen molar-refractivity contribution in [2.45, 2.75) is 108 Å². The molecular weight excluding hydrogens is 609 g/mol. The van der Waals surface area contributed by atoms with Crippen LogP contribution in [0, 0.1) is 11.7 Å². The van der Waals surface area contributed by atoms with Gasteiger partial charge in [0.1, 0.15) is 35.1 Å². The molecule has 13 heteroatoms. The van der Waals surface area contributed by atoms with Gasteiger partial charge in [0.05, 0.1) is 13.1 Å². The standard InChI is InChI=1S/C34H46FN5O7/c1-33(2,3)47-31(44)36-26-15-10-8-6-7-9-13-22-17-34(22,30(43)38(4)5)37-28(41)27-16-23(19-40(27)29(26)42)46-32(45)39-18-21-12-11-14-25(35)24(21)20-39/h9,11-14,22-23,26-27H,6-8,10,15-20H2,1-5H3,(H,36,44)(H,37,41)/t22-,23-,26+,27+,34-/m1/s1. The molecule has 256 valence electrons. The Labute approximate surface area is 275 Å². The maximum Gasteiger partial charge on any atom is 0.410 e. The van der Waals surface area contributed by atoms with Crippen LogP contribution in [0.1, 0.15) is 76.8 Å². The molecule has 0 bridgehead atoms. The molecule has 2 N–H and O–H groups in total. The lowest BCUT2D eigenvalue weighted by Crippen LogP contribution is -2.57. The van der Waals surface area contributed by atoms with Gasteiger partial charge in [-0.3, -0.25) is 19.3 Å². The van der Waals surface area contributed by atoms with Gasteiger partial charge in [0.25, 0.3) is 0 Å². The fourth-order valence-corrected chi connectivity index (χ4v) is 6.72. The largest absolute Gasteiger partial charge is 0.444 e. The number of carbonyl (C=O) groups excluding carboxylic acids is 5. The Balaban J connectivity index is 1.39. The summed E-state index contributed by atoms with van der Waals surface area (Å²) in [7, 11) is 3.27. The maximum absolute atomic E-state index is 14.3. The normalized spacial score (nSPS) is 27.8. The van der Waals surface area contributed by atoms with Crippen molar-refractivity contribution in [3.8, 4) is 0 Å². The van der Waals surface area contributed by atoms with Crippen LogP contribution >= 0.6 is 0 Å². The summed E-state index contributed by atoms with van der Waals surface area (Å²) in [6, 6.07) is 2.63. The van der Waals surface area contributed by atoms with E-state index in [-0.39, 0.29) is 37.9 Å². The first-order valence-corrected chi connectivity index (χ1v) is 16.4. The lowest BCUT2D eigenvalue weighted by Gasteiger charge is -2.30. The summed E-state index contributed by atoms with van der Waals surface area (Å²) >= 11 is 0. The molecule has 0 spiro atoms. The number of hydrogen-bond donors (Lipinski definition) is 2. The van der Waals surface area contributed by atoms with Crippen molar-refractivity contribution in [1.82, 2.24) is 25.3 Å². The summed E-state index contributed by atoms with van der Waals surface area (Å²) in [5.41, 5.74) is -0.810. The van der Waals surface area contributed by atoms with E-state index in [1.54, 1.807) is 47.0 Å². The number of carbonyl (C=O) groups is 5. The van der Waals surface area contributed by atoms with Gasteiger partial charge in [-0.05, 0) is 58.1 Å². The molecular formula is C34H46FN5O7. The number of ether oxygens (including phenoxy) is 2. The minimum Gasteiger partial charge on any atom is -0.444 e. The highest BCUT2D eigenvalue weighted by Crippen LogP contribution is 2.46. The van der Waals surface area contributed by atoms with E-state index in [9.17, 15) is 28.4 Å². The third-order valence-corrected chi connectivity index (χ3v) is 9.17. The van der Waals surface area contributed by atoms with Crippen molar-refractivity contribution >= 4 is 29.9 Å². The number of alkyl carbamates (subject to hydrolysis) is 1. The van der Waals surface area contributed by atoms with E-state index in [4.69, 9.17) is 9.47 Å². The summed E-state index contributed by atoms with van der Waals surface area (Å²) in [6.45, 7) is 5.30. The third-order valence-electron chi connectivity index (χ3n) is 9.17. The van der Waals surface area contributed by atoms with Crippen LogP contribution in [-0.4, -0.2) is 94.6 Å². The van der Waals surface area contributed by atoms with Gasteiger partial charge >= 0.3 is 12.2 Å². The summed E-state index contributed by atoms with van der Waals surface area (Å²) in [6.07, 6.45) is 5.54. The highest BCUT2D eigenvalue weighted by atomic mass is 19.1. The van der Waals surface area contributed by atoms with Crippen molar-refractivity contribution in [2.24, 2.45) is 5.92 Å². The highest BCUT2D eigenvalue weighted by Gasteiger charge is 2.61. The number of nitrogens with one attached hydrogen (secondary N) is 2. The van der Waals surface area contributed by atoms with Crippen molar-refractivity contribution < 1.29 is 37.8 Å². The molecule has 1 saturated carbocycles. The number of halogens is 1. The first-order valence-electron chi connectivity index (χ1n) is 16.4. The molecule has 0 aromatic heterocycles. The van der Waals surface area contributed by atoms with Gasteiger partial charge in [-0.15, -0.1) is 0 Å². The van der Waals surface area contributed by atoms with Gasteiger partial charge < -0.3 is 29.9 Å². The third kappa shape index (κ3) is 7.70. The Kier molecular flexibility index (Phi) is 9.83. The molecule has 1 aromatic carbocycles. The van der Waals surface area contributed by atoms with Crippen LogP contribution in [-0.2, 0) is 36.9 Å². The number of rotatable bonds is 3. The summed E-state index contributed by atoms with van der Waals surface area (Å²) in [4.78, 5) is 71.8. The molecule has 12 nitrogen and oxygen atoms in total. The summed E-state index contributed by atoms with van der Waals surface area (Å²) < 4.78 is 25.6. The van der Waals surface area contributed by atoms with Crippen LogP contribution in [0.15, 0.2) is 30.4 Å². The van der Waals surface area contributed by atoms with E-state index in [1.165, 1.54) is 20.8 Å². The van der Waals surface area contributed by atoms with Gasteiger partial charge in [0.15, 0.2) is 0 Å². The van der Waals surface area contributed by atoms with Gasteiger partial charge in [-0.2, -0.15) is 0 Å². The first-order chi connectivity index (χ1) is 22.2. The van der Waals surface area contributed by atoms with Crippen molar-refractivity contribution in [3.63, 3.8) is 0 Å². The number of allylic oxidation sites excluding steroid dienone is 1. The monoisotopic (exact) mass is 655 g/mol. The number of hydrogen-bond acceptors (Lipinski definition) is 7. The van der Waals surface area contributed by atoms with Crippen LogP contribution in [0.2, 0.25) is 0 Å². The molecule has 1 saturated heterocycles. The zero-order valence-electron chi connectivity index (χ0n) is 27.8. The average molecular weight is 656 g/mol. The van der Waals surface area contributed by atoms with Crippen molar-refractivity contribution in [3.05, 3.63) is 47.3 Å². The van der Waals surface area contributed by atoms with E-state index in [1.807, 2.05) is 12.2 Å². The number of fused-ring (bicyclic) bond motifs is 3. The SMILES string of the molecule is CN(C)C(=O)[C@@]12C[C@H]1C=CCCCCC[C@H](NC(=O)OC(C)(C)C)C(=O)N1C[C@H](OC(=O)N3Cc4cccc(F)c4C3)C[C@H]1C(=O)N2. The van der Waals surface area contributed by atoms with Crippen molar-refractivity contribution in [1.29, 1.82) is 0 Å². The lowest BCUT2D eigenvalue weighted by molar-refractivity contribution is -0.142. The van der Waals surface area contributed by atoms with Gasteiger partial charge in [0, 0.05) is 38.5 Å². The fraction of sp³-hybridized carbons (Fsp3) is 0.618. The maximum atomic E-state index is 14.3. The summed E-state index contributed by atoms with van der Waals surface area (Å²) in [5, 5.41) is 5.67. The zero-order chi connectivity index (χ0) is 34.1. The predicted octanol–water partition coefficient (Wildman–Crippen LogP) is 3.62. The topological polar surface area (TPSA) is 138 Å². The quantitative estimate of drug-likeness (QED) is 0.475. The van der Waals surface area contributed by atoms with Crippen LogP contribution in [0.3, 0.4) is 0 Å². The van der Waals surface area contributed by atoms with Crippen LogP contribution in [0.4, 0.5) is 14.0 Å². The fourth-order valence-electron chi connectivity index (χ4n) is 6.72. The minimum absolute atomic E-state index is 0.00956. The minimum atomic E-state index is -1.14. The van der Waals surface area contributed by atoms with Crippen LogP contribution in [0.25, 0.3) is 0 Å². The molecule has 1 aromatic rings. The molecule has 5 atom stereocenters. The molecule has 3 aliphatic heterocycles. The van der Waals surface area contributed by atoms with E-state index >= 15 is 0 Å². The van der Waals surface area contributed by atoms with Crippen molar-refractivity contribution in [2.75, 3.05) is 20.6 Å². The van der Waals surface area contributed by atoms with Gasteiger partial charge in [-0.25, -0.2) is 14.0 Å². The second-order valence-corrected chi connectivity index (χ2v) is 14.2. The molecule has 1 aliphatic carbocycles. The molecule has 5 amide bonds. The first kappa shape index (κ1) is 34.2. The van der Waals surface area contributed by atoms with E-state index in [0.717, 1.165) is 19.3 Å². The predicted molar refractivity (Wildman–Crippen MR) is 169 cm³/mol. The number of benzene rings is 1. The molecule has 0 radical (unpaired) electrons. The Bertz CT molecular complexity index is 1440. The Morgan fingerprint density at radius 3 is 2.57 bits per heavy atom. The Morgan fingerprint density at radius 2 is 1.87 bits per heavy atom. The second kappa shape index (κ2) is 13.5. The van der Waals surface area contributed by atoms with E-state index in [0.29, 0.717) is 30.4 Å². The Morgan fingerprint density at radius 1 is 1.11 bits per heavy atom. The molecule has 47 heavy (non-hydrogen) atoms. The van der Waals surface area contributed by atoms with Gasteiger partial charge in [0.2, 0.25) is 17.7 Å². The smallest absolute Gasteiger partial charge is 0.410 e. The molecule has 3 heterocycles. The molecule has 5 rings (SSSR count). The summed E-state index contributed by atoms with van der Waals surface area (Å²) in [5.74, 6) is -1.87. The number of amides is 5. The number of nitrogens with zero attached hydrogens (tertiary/aromatic N) is 3.